The Labute approximate surface area is 118 Å². The average molecular weight is 314 g/mol. The number of carbonyl (C=O) groups is 1. The molecule has 2 nitrogen and oxygen atoms in total. The molecule has 3 rings (SSSR count). The fraction of sp³-hybridized carbons (Fsp3) is 0.933. The van der Waals surface area contributed by atoms with E-state index in [0.29, 0.717) is 17.7 Å². The van der Waals surface area contributed by atoms with Crippen molar-refractivity contribution in [3.8, 4) is 0 Å². The molecule has 1 amide bonds. The van der Waals surface area contributed by atoms with Gasteiger partial charge in [-0.2, -0.15) is 0 Å². The van der Waals surface area contributed by atoms with Crippen molar-refractivity contribution in [3.63, 3.8) is 0 Å². The van der Waals surface area contributed by atoms with Crippen LogP contribution in [0.3, 0.4) is 0 Å². The van der Waals surface area contributed by atoms with Crippen molar-refractivity contribution in [1.82, 2.24) is 5.32 Å². The lowest BCUT2D eigenvalue weighted by Crippen LogP contribution is -2.32. The van der Waals surface area contributed by atoms with Gasteiger partial charge in [-0.05, 0) is 55.3 Å². The highest BCUT2D eigenvalue weighted by atomic mass is 79.9. The van der Waals surface area contributed by atoms with Crippen molar-refractivity contribution >= 4 is 21.8 Å². The van der Waals surface area contributed by atoms with E-state index in [1.165, 1.54) is 25.7 Å². The lowest BCUT2D eigenvalue weighted by atomic mass is 10.0. The van der Waals surface area contributed by atoms with E-state index in [0.717, 1.165) is 42.0 Å². The largest absolute Gasteiger partial charge is 0.356 e. The van der Waals surface area contributed by atoms with E-state index in [2.05, 4.69) is 28.2 Å². The SMILES string of the molecule is CCC(CCBr)CNC(=O)C1C2C3CCC(C3)C12. The third-order valence-corrected chi connectivity index (χ3v) is 6.16. The summed E-state index contributed by atoms with van der Waals surface area (Å²) < 4.78 is 0. The number of halogens is 1. The van der Waals surface area contributed by atoms with Crippen LogP contribution in [-0.4, -0.2) is 17.8 Å². The summed E-state index contributed by atoms with van der Waals surface area (Å²) >= 11 is 3.49. The van der Waals surface area contributed by atoms with E-state index in [1.54, 1.807) is 0 Å². The maximum Gasteiger partial charge on any atom is 0.223 e. The molecule has 0 aromatic rings. The summed E-state index contributed by atoms with van der Waals surface area (Å²) in [6, 6.07) is 0. The highest BCUT2D eigenvalue weighted by Crippen LogP contribution is 2.69. The van der Waals surface area contributed by atoms with E-state index in [9.17, 15) is 4.79 Å². The Morgan fingerprint density at radius 3 is 2.56 bits per heavy atom. The highest BCUT2D eigenvalue weighted by Gasteiger charge is 2.67. The number of nitrogens with one attached hydrogen (secondary N) is 1. The molecule has 2 bridgehead atoms. The Balaban J connectivity index is 1.46. The second kappa shape index (κ2) is 5.15. The maximum atomic E-state index is 12.2. The van der Waals surface area contributed by atoms with Crippen molar-refractivity contribution in [2.75, 3.05) is 11.9 Å². The summed E-state index contributed by atoms with van der Waals surface area (Å²) in [6.45, 7) is 3.10. The molecule has 0 spiro atoms. The molecule has 5 atom stereocenters. The smallest absolute Gasteiger partial charge is 0.223 e. The Morgan fingerprint density at radius 1 is 1.33 bits per heavy atom. The highest BCUT2D eigenvalue weighted by molar-refractivity contribution is 9.09. The van der Waals surface area contributed by atoms with Gasteiger partial charge in [-0.25, -0.2) is 0 Å². The molecule has 0 saturated heterocycles. The molecule has 18 heavy (non-hydrogen) atoms. The van der Waals surface area contributed by atoms with Gasteiger partial charge < -0.3 is 5.32 Å². The second-order valence-corrected chi connectivity index (χ2v) is 7.30. The van der Waals surface area contributed by atoms with Gasteiger partial charge in [0.2, 0.25) is 5.91 Å². The maximum absolute atomic E-state index is 12.2. The fourth-order valence-electron chi connectivity index (χ4n) is 4.64. The first-order chi connectivity index (χ1) is 8.76. The first kappa shape index (κ1) is 13.0. The number of hydrogen-bond acceptors (Lipinski definition) is 1. The summed E-state index contributed by atoms with van der Waals surface area (Å²) in [4.78, 5) is 12.2. The summed E-state index contributed by atoms with van der Waals surface area (Å²) in [6.07, 6.45) is 6.56. The van der Waals surface area contributed by atoms with Gasteiger partial charge in [0.15, 0.2) is 0 Å². The van der Waals surface area contributed by atoms with E-state index < -0.39 is 0 Å². The standard InChI is InChI=1S/C15H24BrNO/c1-2-9(5-6-16)8-17-15(18)14-12-10-3-4-11(7-10)13(12)14/h9-14H,2-8H2,1H3,(H,17,18). The lowest BCUT2D eigenvalue weighted by Gasteiger charge is -2.15. The molecule has 3 aliphatic rings. The Bertz CT molecular complexity index is 316. The number of fused-ring (bicyclic) bond motifs is 5. The zero-order chi connectivity index (χ0) is 12.7. The van der Waals surface area contributed by atoms with Gasteiger partial charge in [0.05, 0.1) is 0 Å². The number of hydrogen-bond donors (Lipinski definition) is 1. The molecular formula is C15H24BrNO. The molecule has 1 N–H and O–H groups in total. The van der Waals surface area contributed by atoms with E-state index in [4.69, 9.17) is 0 Å². The number of carbonyl (C=O) groups excluding carboxylic acids is 1. The zero-order valence-electron chi connectivity index (χ0n) is 11.2. The second-order valence-electron chi connectivity index (χ2n) is 6.51. The van der Waals surface area contributed by atoms with Crippen LogP contribution in [0.5, 0.6) is 0 Å². The minimum absolute atomic E-state index is 0.370. The summed E-state index contributed by atoms with van der Waals surface area (Å²) in [7, 11) is 0. The predicted molar refractivity (Wildman–Crippen MR) is 76.5 cm³/mol. The molecule has 0 aromatic carbocycles. The van der Waals surface area contributed by atoms with Gasteiger partial charge in [0.1, 0.15) is 0 Å². The number of amides is 1. The van der Waals surface area contributed by atoms with Crippen molar-refractivity contribution in [2.24, 2.45) is 35.5 Å². The van der Waals surface area contributed by atoms with Gasteiger partial charge in [-0.1, -0.05) is 29.3 Å². The zero-order valence-corrected chi connectivity index (χ0v) is 12.8. The molecule has 3 fully saturated rings. The Hall–Kier alpha value is -0.0500. The molecule has 0 radical (unpaired) electrons. The molecule has 0 aromatic heterocycles. The minimum atomic E-state index is 0.370. The normalized spacial score (nSPS) is 41.6. The van der Waals surface area contributed by atoms with E-state index in [-0.39, 0.29) is 0 Å². The van der Waals surface area contributed by atoms with Gasteiger partial charge >= 0.3 is 0 Å². The minimum Gasteiger partial charge on any atom is -0.356 e. The van der Waals surface area contributed by atoms with Gasteiger partial charge in [-0.15, -0.1) is 0 Å². The van der Waals surface area contributed by atoms with Gasteiger partial charge in [0.25, 0.3) is 0 Å². The van der Waals surface area contributed by atoms with Crippen LogP contribution >= 0.6 is 15.9 Å². The Kier molecular flexibility index (Phi) is 3.70. The molecule has 3 heteroatoms. The predicted octanol–water partition coefficient (Wildman–Crippen LogP) is 3.21. The number of rotatable bonds is 6. The Morgan fingerprint density at radius 2 is 2.00 bits per heavy atom. The molecule has 0 heterocycles. The molecule has 3 aliphatic carbocycles. The average Bonchev–Trinajstić information content (AvgIpc) is 2.83. The lowest BCUT2D eigenvalue weighted by molar-refractivity contribution is -0.123. The van der Waals surface area contributed by atoms with Crippen LogP contribution in [0.1, 0.15) is 39.0 Å². The molecule has 0 aliphatic heterocycles. The van der Waals surface area contributed by atoms with Crippen LogP contribution in [-0.2, 0) is 4.79 Å². The van der Waals surface area contributed by atoms with Crippen LogP contribution < -0.4 is 5.32 Å². The van der Waals surface area contributed by atoms with Gasteiger partial charge in [-0.3, -0.25) is 4.79 Å². The summed E-state index contributed by atoms with van der Waals surface area (Å²) in [5, 5.41) is 4.26. The van der Waals surface area contributed by atoms with Crippen LogP contribution in [0.15, 0.2) is 0 Å². The van der Waals surface area contributed by atoms with Crippen LogP contribution in [0.2, 0.25) is 0 Å². The van der Waals surface area contributed by atoms with Crippen molar-refractivity contribution < 1.29 is 4.79 Å². The quantitative estimate of drug-likeness (QED) is 0.750. The van der Waals surface area contributed by atoms with E-state index in [1.807, 2.05) is 0 Å². The third kappa shape index (κ3) is 2.13. The molecule has 3 saturated carbocycles. The number of alkyl halides is 1. The first-order valence-electron chi connectivity index (χ1n) is 7.60. The summed E-state index contributed by atoms with van der Waals surface area (Å²) in [5.74, 6) is 4.77. The van der Waals surface area contributed by atoms with Crippen molar-refractivity contribution in [3.05, 3.63) is 0 Å². The molecule has 102 valence electrons. The van der Waals surface area contributed by atoms with E-state index >= 15 is 0 Å². The van der Waals surface area contributed by atoms with Crippen molar-refractivity contribution in [2.45, 2.75) is 39.0 Å². The molecular weight excluding hydrogens is 290 g/mol. The van der Waals surface area contributed by atoms with Gasteiger partial charge in [0, 0.05) is 17.8 Å². The van der Waals surface area contributed by atoms with Crippen molar-refractivity contribution in [1.29, 1.82) is 0 Å². The molecule has 5 unspecified atom stereocenters. The first-order valence-corrected chi connectivity index (χ1v) is 8.72. The van der Waals surface area contributed by atoms with Crippen LogP contribution in [0.25, 0.3) is 0 Å². The topological polar surface area (TPSA) is 29.1 Å². The summed E-state index contributed by atoms with van der Waals surface area (Å²) in [5.41, 5.74) is 0. The van der Waals surface area contributed by atoms with Crippen LogP contribution in [0.4, 0.5) is 0 Å². The monoisotopic (exact) mass is 313 g/mol. The third-order valence-electron chi connectivity index (χ3n) is 5.70. The fourth-order valence-corrected chi connectivity index (χ4v) is 5.29. The van der Waals surface area contributed by atoms with Crippen LogP contribution in [0, 0.1) is 35.5 Å².